The van der Waals surface area contributed by atoms with Crippen LogP contribution in [0.15, 0.2) is 54.6 Å². The molecule has 3 aromatic rings. The SMILES string of the molecule is Cc1c(C(=O)c2ccccc2)c2ccccc2c(C)[n+]1[O-]. The molecule has 0 atom stereocenters. The predicted molar refractivity (Wildman–Crippen MR) is 82.3 cm³/mol. The van der Waals surface area contributed by atoms with Gasteiger partial charge in [-0.05, 0) is 6.07 Å². The first-order valence-corrected chi connectivity index (χ1v) is 6.82. The largest absolute Gasteiger partial charge is 0.618 e. The van der Waals surface area contributed by atoms with Crippen molar-refractivity contribution in [3.05, 3.63) is 82.3 Å². The van der Waals surface area contributed by atoms with Gasteiger partial charge in [0.1, 0.15) is 0 Å². The van der Waals surface area contributed by atoms with Crippen LogP contribution in [0.25, 0.3) is 10.8 Å². The van der Waals surface area contributed by atoms with E-state index in [1.54, 1.807) is 26.0 Å². The highest BCUT2D eigenvalue weighted by Gasteiger charge is 2.23. The number of nitrogens with zero attached hydrogens (tertiary/aromatic N) is 1. The molecule has 0 saturated carbocycles. The van der Waals surface area contributed by atoms with Gasteiger partial charge >= 0.3 is 0 Å². The van der Waals surface area contributed by atoms with E-state index in [2.05, 4.69) is 0 Å². The van der Waals surface area contributed by atoms with Gasteiger partial charge in [0.2, 0.25) is 5.69 Å². The summed E-state index contributed by atoms with van der Waals surface area (Å²) in [6.45, 7) is 3.47. The first kappa shape index (κ1) is 13.3. The van der Waals surface area contributed by atoms with Crippen LogP contribution in [0.4, 0.5) is 0 Å². The molecule has 3 heteroatoms. The zero-order valence-corrected chi connectivity index (χ0v) is 12.0. The number of fused-ring (bicyclic) bond motifs is 1. The number of carbonyl (C=O) groups excluding carboxylic acids is 1. The van der Waals surface area contributed by atoms with Crippen molar-refractivity contribution >= 4 is 16.6 Å². The van der Waals surface area contributed by atoms with Crippen molar-refractivity contribution < 1.29 is 9.52 Å². The van der Waals surface area contributed by atoms with Gasteiger partial charge in [-0.1, -0.05) is 48.5 Å². The molecule has 3 rings (SSSR count). The second-order valence-electron chi connectivity index (χ2n) is 5.08. The number of rotatable bonds is 2. The second-order valence-corrected chi connectivity index (χ2v) is 5.08. The smallest absolute Gasteiger partial charge is 0.201 e. The lowest BCUT2D eigenvalue weighted by molar-refractivity contribution is -0.617. The molecular formula is C18H15NO2. The standard InChI is InChI=1S/C18H15NO2/c1-12-15-10-6-7-11-16(15)17(13(2)19(12)21)18(20)14-8-4-3-5-9-14/h3-11H,1-2H3. The van der Waals surface area contributed by atoms with Crippen LogP contribution < -0.4 is 4.73 Å². The highest BCUT2D eigenvalue weighted by molar-refractivity contribution is 6.16. The Morgan fingerprint density at radius 1 is 0.857 bits per heavy atom. The molecule has 2 aromatic carbocycles. The third-order valence-electron chi connectivity index (χ3n) is 3.82. The zero-order chi connectivity index (χ0) is 15.0. The van der Waals surface area contributed by atoms with Crippen LogP contribution in [0.2, 0.25) is 0 Å². The fourth-order valence-corrected chi connectivity index (χ4v) is 2.69. The van der Waals surface area contributed by atoms with Gasteiger partial charge in [0.05, 0.1) is 10.9 Å². The lowest BCUT2D eigenvalue weighted by Gasteiger charge is -2.13. The minimum absolute atomic E-state index is 0.117. The molecule has 0 radical (unpaired) electrons. The molecule has 0 aliphatic carbocycles. The quantitative estimate of drug-likeness (QED) is 0.410. The summed E-state index contributed by atoms with van der Waals surface area (Å²) in [7, 11) is 0. The van der Waals surface area contributed by atoms with Crippen LogP contribution in [0.5, 0.6) is 0 Å². The maximum atomic E-state index is 12.8. The molecule has 0 aliphatic rings. The van der Waals surface area contributed by atoms with Crippen LogP contribution in [-0.2, 0) is 0 Å². The van der Waals surface area contributed by atoms with E-state index < -0.39 is 0 Å². The topological polar surface area (TPSA) is 44.0 Å². The van der Waals surface area contributed by atoms with E-state index in [1.165, 1.54) is 0 Å². The number of hydrogen-bond acceptors (Lipinski definition) is 2. The van der Waals surface area contributed by atoms with Gasteiger partial charge < -0.3 is 5.21 Å². The zero-order valence-electron chi connectivity index (χ0n) is 12.0. The van der Waals surface area contributed by atoms with Gasteiger partial charge in [-0.2, -0.15) is 4.73 Å². The van der Waals surface area contributed by atoms with E-state index in [0.29, 0.717) is 22.5 Å². The van der Waals surface area contributed by atoms with E-state index in [9.17, 15) is 10.0 Å². The van der Waals surface area contributed by atoms with Crippen molar-refractivity contribution in [2.24, 2.45) is 0 Å². The van der Waals surface area contributed by atoms with Crippen LogP contribution in [0.1, 0.15) is 27.3 Å². The van der Waals surface area contributed by atoms with Gasteiger partial charge in [0, 0.05) is 24.8 Å². The minimum atomic E-state index is -0.117. The fraction of sp³-hybridized carbons (Fsp3) is 0.111. The molecule has 0 aliphatic heterocycles. The summed E-state index contributed by atoms with van der Waals surface area (Å²) in [5, 5.41) is 13.9. The van der Waals surface area contributed by atoms with E-state index in [1.807, 2.05) is 42.5 Å². The molecule has 0 amide bonds. The number of benzene rings is 2. The summed E-state index contributed by atoms with van der Waals surface area (Å²) < 4.78 is 0.846. The Morgan fingerprint density at radius 2 is 1.43 bits per heavy atom. The molecule has 21 heavy (non-hydrogen) atoms. The Labute approximate surface area is 123 Å². The number of aryl methyl sites for hydroxylation is 1. The average molecular weight is 277 g/mol. The number of carbonyl (C=O) groups is 1. The van der Waals surface area contributed by atoms with Gasteiger partial charge in [-0.3, -0.25) is 4.79 Å². The Balaban J connectivity index is 2.35. The van der Waals surface area contributed by atoms with Crippen molar-refractivity contribution in [3.63, 3.8) is 0 Å². The van der Waals surface area contributed by atoms with Crippen molar-refractivity contribution in [2.45, 2.75) is 13.8 Å². The average Bonchev–Trinajstić information content (AvgIpc) is 2.53. The summed E-state index contributed by atoms with van der Waals surface area (Å²) >= 11 is 0. The van der Waals surface area contributed by atoms with E-state index in [-0.39, 0.29) is 5.78 Å². The van der Waals surface area contributed by atoms with E-state index in [0.717, 1.165) is 15.5 Å². The van der Waals surface area contributed by atoms with E-state index in [4.69, 9.17) is 0 Å². The molecule has 0 bridgehead atoms. The molecule has 104 valence electrons. The molecule has 3 nitrogen and oxygen atoms in total. The second kappa shape index (κ2) is 5.02. The van der Waals surface area contributed by atoms with Crippen LogP contribution >= 0.6 is 0 Å². The highest BCUT2D eigenvalue weighted by Crippen LogP contribution is 2.24. The molecule has 1 aromatic heterocycles. The Kier molecular flexibility index (Phi) is 3.18. The minimum Gasteiger partial charge on any atom is -0.618 e. The molecule has 1 heterocycles. The van der Waals surface area contributed by atoms with Crippen molar-refractivity contribution in [1.82, 2.24) is 0 Å². The normalized spacial score (nSPS) is 10.8. The summed E-state index contributed by atoms with van der Waals surface area (Å²) in [6, 6.07) is 16.6. The van der Waals surface area contributed by atoms with Gasteiger partial charge in [-0.25, -0.2) is 0 Å². The monoisotopic (exact) mass is 277 g/mol. The molecule has 0 spiro atoms. The van der Waals surface area contributed by atoms with Gasteiger partial charge in [0.15, 0.2) is 11.5 Å². The third kappa shape index (κ3) is 2.07. The van der Waals surface area contributed by atoms with Crippen LogP contribution in [0.3, 0.4) is 0 Å². The summed E-state index contributed by atoms with van der Waals surface area (Å²) in [5.41, 5.74) is 2.14. The number of ketones is 1. The molecule has 0 fully saturated rings. The molecule has 0 N–H and O–H groups in total. The Bertz CT molecular complexity index is 839. The summed E-state index contributed by atoms with van der Waals surface area (Å²) in [4.78, 5) is 12.8. The van der Waals surface area contributed by atoms with Gasteiger partial charge in [-0.15, -0.1) is 0 Å². The molecule has 0 unspecified atom stereocenters. The number of hydrogen-bond donors (Lipinski definition) is 0. The lowest BCUT2D eigenvalue weighted by Crippen LogP contribution is -2.36. The van der Waals surface area contributed by atoms with Crippen LogP contribution in [0, 0.1) is 19.1 Å². The Morgan fingerprint density at radius 3 is 2.10 bits per heavy atom. The molecule has 0 saturated heterocycles. The Hall–Kier alpha value is -2.68. The van der Waals surface area contributed by atoms with Crippen molar-refractivity contribution in [3.8, 4) is 0 Å². The van der Waals surface area contributed by atoms with Crippen molar-refractivity contribution in [2.75, 3.05) is 0 Å². The first-order valence-electron chi connectivity index (χ1n) is 6.82. The lowest BCUT2D eigenvalue weighted by atomic mass is 9.95. The fourth-order valence-electron chi connectivity index (χ4n) is 2.69. The maximum Gasteiger partial charge on any atom is 0.201 e. The van der Waals surface area contributed by atoms with Crippen LogP contribution in [-0.4, -0.2) is 5.78 Å². The predicted octanol–water partition coefficient (Wildman–Crippen LogP) is 3.32. The van der Waals surface area contributed by atoms with Gasteiger partial charge in [0.25, 0.3) is 0 Å². The summed E-state index contributed by atoms with van der Waals surface area (Å²) in [5.74, 6) is -0.117. The van der Waals surface area contributed by atoms with Crippen molar-refractivity contribution in [1.29, 1.82) is 0 Å². The number of aromatic nitrogens is 1. The molecular weight excluding hydrogens is 262 g/mol. The third-order valence-corrected chi connectivity index (χ3v) is 3.82. The van der Waals surface area contributed by atoms with E-state index >= 15 is 0 Å². The highest BCUT2D eigenvalue weighted by atomic mass is 16.5. The summed E-state index contributed by atoms with van der Waals surface area (Å²) in [6.07, 6.45) is 0. The number of pyridine rings is 1. The first-order chi connectivity index (χ1) is 10.1. The maximum absolute atomic E-state index is 12.8.